The quantitative estimate of drug-likeness (QED) is 0.665. The van der Waals surface area contributed by atoms with Gasteiger partial charge in [-0.25, -0.2) is 4.79 Å². The molecule has 0 aromatic rings. The zero-order valence-electron chi connectivity index (χ0n) is 9.75. The van der Waals surface area contributed by atoms with Crippen molar-refractivity contribution in [3.63, 3.8) is 0 Å². The average molecular weight is 215 g/mol. The molecule has 1 aliphatic rings. The number of aliphatic hydroxyl groups is 1. The summed E-state index contributed by atoms with van der Waals surface area (Å²) < 4.78 is 5.14. The van der Waals surface area contributed by atoms with Gasteiger partial charge in [0.15, 0.2) is 6.10 Å². The topological polar surface area (TPSA) is 58.6 Å². The number of esters is 1. The normalized spacial score (nSPS) is 24.7. The first-order valence-electron chi connectivity index (χ1n) is 5.52. The first-order chi connectivity index (χ1) is 6.90. The van der Waals surface area contributed by atoms with Gasteiger partial charge in [-0.2, -0.15) is 0 Å². The van der Waals surface area contributed by atoms with E-state index in [2.05, 4.69) is 5.32 Å². The maximum absolute atomic E-state index is 11.6. The van der Waals surface area contributed by atoms with Crippen molar-refractivity contribution in [1.82, 2.24) is 5.32 Å². The van der Waals surface area contributed by atoms with Crippen LogP contribution in [0.4, 0.5) is 0 Å². The van der Waals surface area contributed by atoms with Gasteiger partial charge in [-0.15, -0.1) is 0 Å². The lowest BCUT2D eigenvalue weighted by atomic mass is 9.94. The van der Waals surface area contributed by atoms with E-state index in [0.29, 0.717) is 6.54 Å². The van der Waals surface area contributed by atoms with Crippen molar-refractivity contribution in [2.75, 3.05) is 13.1 Å². The Balaban J connectivity index is 2.44. The molecule has 2 unspecified atom stereocenters. The molecular weight excluding hydrogens is 194 g/mol. The minimum absolute atomic E-state index is 0.00593. The van der Waals surface area contributed by atoms with Gasteiger partial charge in [0, 0.05) is 12.5 Å². The maximum atomic E-state index is 11.6. The molecule has 0 aliphatic carbocycles. The van der Waals surface area contributed by atoms with Crippen LogP contribution < -0.4 is 5.32 Å². The van der Waals surface area contributed by atoms with Crippen LogP contribution in [-0.4, -0.2) is 35.9 Å². The lowest BCUT2D eigenvalue weighted by Gasteiger charge is -2.28. The summed E-state index contributed by atoms with van der Waals surface area (Å²) in [7, 11) is 0. The van der Waals surface area contributed by atoms with Gasteiger partial charge < -0.3 is 15.2 Å². The molecule has 88 valence electrons. The number of hydrogen-bond donors (Lipinski definition) is 2. The molecule has 0 radical (unpaired) electrons. The van der Waals surface area contributed by atoms with Crippen molar-refractivity contribution >= 4 is 5.97 Å². The number of carbonyl (C=O) groups is 1. The van der Waals surface area contributed by atoms with Gasteiger partial charge in [-0.3, -0.25) is 0 Å². The number of rotatable bonds is 2. The predicted molar refractivity (Wildman–Crippen MR) is 57.4 cm³/mol. The van der Waals surface area contributed by atoms with Crippen LogP contribution in [0.25, 0.3) is 0 Å². The number of carbonyl (C=O) groups excluding carboxylic acids is 1. The number of nitrogens with one attached hydrogen (secondary N) is 1. The van der Waals surface area contributed by atoms with Crippen LogP contribution in [0.1, 0.15) is 33.6 Å². The summed E-state index contributed by atoms with van der Waals surface area (Å²) in [6, 6.07) is 0. The molecule has 0 saturated carbocycles. The monoisotopic (exact) mass is 215 g/mol. The smallest absolute Gasteiger partial charge is 0.335 e. The Morgan fingerprint density at radius 1 is 1.53 bits per heavy atom. The highest BCUT2D eigenvalue weighted by Crippen LogP contribution is 2.18. The molecule has 2 atom stereocenters. The SMILES string of the molecule is CC(C)(C)OC(=O)C(O)C1CCCNC1. The summed E-state index contributed by atoms with van der Waals surface area (Å²) in [6.45, 7) is 7.07. The third-order valence-corrected chi connectivity index (χ3v) is 2.43. The van der Waals surface area contributed by atoms with E-state index in [9.17, 15) is 9.90 Å². The van der Waals surface area contributed by atoms with E-state index in [1.165, 1.54) is 0 Å². The second kappa shape index (κ2) is 4.94. The molecule has 0 aromatic carbocycles. The maximum Gasteiger partial charge on any atom is 0.335 e. The fourth-order valence-corrected chi connectivity index (χ4v) is 1.70. The zero-order chi connectivity index (χ0) is 11.5. The van der Waals surface area contributed by atoms with E-state index in [-0.39, 0.29) is 5.92 Å². The summed E-state index contributed by atoms with van der Waals surface area (Å²) in [4.78, 5) is 11.6. The third-order valence-electron chi connectivity index (χ3n) is 2.43. The van der Waals surface area contributed by atoms with E-state index in [4.69, 9.17) is 4.74 Å². The highest BCUT2D eigenvalue weighted by Gasteiger charge is 2.31. The number of aliphatic hydroxyl groups excluding tert-OH is 1. The first-order valence-corrected chi connectivity index (χ1v) is 5.52. The van der Waals surface area contributed by atoms with Crippen LogP contribution in [0.2, 0.25) is 0 Å². The van der Waals surface area contributed by atoms with E-state index < -0.39 is 17.7 Å². The van der Waals surface area contributed by atoms with E-state index in [1.54, 1.807) is 20.8 Å². The minimum atomic E-state index is -0.989. The van der Waals surface area contributed by atoms with Crippen LogP contribution in [0.5, 0.6) is 0 Å². The number of hydrogen-bond acceptors (Lipinski definition) is 4. The molecule has 0 amide bonds. The standard InChI is InChI=1S/C11H21NO3/c1-11(2,3)15-10(14)9(13)8-5-4-6-12-7-8/h8-9,12-13H,4-7H2,1-3H3. The van der Waals surface area contributed by atoms with Crippen LogP contribution in [0.3, 0.4) is 0 Å². The van der Waals surface area contributed by atoms with Crippen LogP contribution in [0.15, 0.2) is 0 Å². The molecule has 1 saturated heterocycles. The Morgan fingerprint density at radius 2 is 2.20 bits per heavy atom. The van der Waals surface area contributed by atoms with Gasteiger partial charge in [-0.1, -0.05) is 0 Å². The summed E-state index contributed by atoms with van der Waals surface area (Å²) in [5.41, 5.74) is -0.528. The van der Waals surface area contributed by atoms with E-state index in [0.717, 1.165) is 19.4 Å². The second-order valence-corrected chi connectivity index (χ2v) is 5.08. The molecule has 0 bridgehead atoms. The molecular formula is C11H21NO3. The van der Waals surface area contributed by atoms with Gasteiger partial charge in [0.2, 0.25) is 0 Å². The largest absolute Gasteiger partial charge is 0.458 e. The Bertz CT molecular complexity index is 216. The van der Waals surface area contributed by atoms with Crippen molar-refractivity contribution in [1.29, 1.82) is 0 Å². The highest BCUT2D eigenvalue weighted by molar-refractivity contribution is 5.75. The molecule has 1 fully saturated rings. The van der Waals surface area contributed by atoms with Gasteiger partial charge in [0.05, 0.1) is 0 Å². The zero-order valence-corrected chi connectivity index (χ0v) is 9.75. The minimum Gasteiger partial charge on any atom is -0.458 e. The van der Waals surface area contributed by atoms with Gasteiger partial charge >= 0.3 is 5.97 Å². The van der Waals surface area contributed by atoms with Crippen molar-refractivity contribution in [2.45, 2.75) is 45.3 Å². The van der Waals surface area contributed by atoms with Crippen LogP contribution >= 0.6 is 0 Å². The molecule has 4 nitrogen and oxygen atoms in total. The average Bonchev–Trinajstić information content (AvgIpc) is 2.15. The van der Waals surface area contributed by atoms with Crippen molar-refractivity contribution in [3.8, 4) is 0 Å². The third kappa shape index (κ3) is 4.18. The van der Waals surface area contributed by atoms with E-state index in [1.807, 2.05) is 0 Å². The molecule has 1 rings (SSSR count). The lowest BCUT2D eigenvalue weighted by molar-refractivity contribution is -0.168. The summed E-state index contributed by atoms with van der Waals surface area (Å²) in [5, 5.41) is 13.0. The van der Waals surface area contributed by atoms with Crippen LogP contribution in [-0.2, 0) is 9.53 Å². The summed E-state index contributed by atoms with van der Waals surface area (Å²) in [5.74, 6) is -0.509. The van der Waals surface area contributed by atoms with Crippen LogP contribution in [0, 0.1) is 5.92 Å². The molecule has 1 aliphatic heterocycles. The van der Waals surface area contributed by atoms with Crippen molar-refractivity contribution in [2.24, 2.45) is 5.92 Å². The Labute approximate surface area is 91.0 Å². The molecule has 4 heteroatoms. The van der Waals surface area contributed by atoms with Gasteiger partial charge in [0.1, 0.15) is 5.60 Å². The fraction of sp³-hybridized carbons (Fsp3) is 0.909. The second-order valence-electron chi connectivity index (χ2n) is 5.08. The van der Waals surface area contributed by atoms with Gasteiger partial charge in [0.25, 0.3) is 0 Å². The predicted octanol–water partition coefficient (Wildman–Crippen LogP) is 0.689. The number of piperidine rings is 1. The summed E-state index contributed by atoms with van der Waals surface area (Å²) >= 11 is 0. The fourth-order valence-electron chi connectivity index (χ4n) is 1.70. The van der Waals surface area contributed by atoms with Gasteiger partial charge in [-0.05, 0) is 40.2 Å². The molecule has 0 spiro atoms. The summed E-state index contributed by atoms with van der Waals surface area (Å²) in [6.07, 6.45) is 0.898. The van der Waals surface area contributed by atoms with E-state index >= 15 is 0 Å². The Kier molecular flexibility index (Phi) is 4.11. The van der Waals surface area contributed by atoms with Crippen molar-refractivity contribution < 1.29 is 14.6 Å². The van der Waals surface area contributed by atoms with Crippen molar-refractivity contribution in [3.05, 3.63) is 0 Å². The molecule has 2 N–H and O–H groups in total. The first kappa shape index (κ1) is 12.5. The molecule has 15 heavy (non-hydrogen) atoms. The highest BCUT2D eigenvalue weighted by atomic mass is 16.6. The molecule has 0 aromatic heterocycles. The molecule has 1 heterocycles. The lowest BCUT2D eigenvalue weighted by Crippen LogP contribution is -2.43. The Morgan fingerprint density at radius 3 is 2.67 bits per heavy atom. The Hall–Kier alpha value is -0.610. The number of ether oxygens (including phenoxy) is 1.